The number of nitrogens with zero attached hydrogens (tertiary/aromatic N) is 1. The average Bonchev–Trinajstić information content (AvgIpc) is 2.66. The van der Waals surface area contributed by atoms with Crippen LogP contribution in [0, 0.1) is 17.8 Å². The zero-order chi connectivity index (χ0) is 18.5. The maximum Gasteiger partial charge on any atom is 0.306 e. The normalized spacial score (nSPS) is 24.3. The highest BCUT2D eigenvalue weighted by Gasteiger charge is 2.33. The Kier molecular flexibility index (Phi) is 6.17. The summed E-state index contributed by atoms with van der Waals surface area (Å²) < 4.78 is 5.89. The zero-order valence-corrected chi connectivity index (χ0v) is 15.5. The smallest absolute Gasteiger partial charge is 0.306 e. The minimum atomic E-state index is -0.760. The summed E-state index contributed by atoms with van der Waals surface area (Å²) in [5, 5.41) is 9.21. The van der Waals surface area contributed by atoms with Gasteiger partial charge in [-0.25, -0.2) is 0 Å². The Bertz CT molecular complexity index is 621. The van der Waals surface area contributed by atoms with Crippen LogP contribution in [-0.4, -0.2) is 41.6 Å². The van der Waals surface area contributed by atoms with Crippen molar-refractivity contribution in [3.63, 3.8) is 0 Å². The average molecular weight is 359 g/mol. The van der Waals surface area contributed by atoms with E-state index < -0.39 is 5.97 Å². The van der Waals surface area contributed by atoms with Gasteiger partial charge in [0.2, 0.25) is 0 Å². The fourth-order valence-electron chi connectivity index (χ4n) is 4.14. The quantitative estimate of drug-likeness (QED) is 0.868. The van der Waals surface area contributed by atoms with Crippen LogP contribution in [0.3, 0.4) is 0 Å². The molecule has 5 nitrogen and oxygen atoms in total. The van der Waals surface area contributed by atoms with Crippen LogP contribution in [0.4, 0.5) is 0 Å². The van der Waals surface area contributed by atoms with Gasteiger partial charge < -0.3 is 14.7 Å². The number of piperidine rings is 1. The van der Waals surface area contributed by atoms with Crippen molar-refractivity contribution in [2.75, 3.05) is 19.7 Å². The molecule has 1 saturated heterocycles. The highest BCUT2D eigenvalue weighted by Crippen LogP contribution is 2.26. The highest BCUT2D eigenvalue weighted by atomic mass is 16.5. The molecule has 1 heterocycles. The molecule has 142 valence electrons. The molecule has 3 rings (SSSR count). The van der Waals surface area contributed by atoms with Crippen molar-refractivity contribution in [2.24, 2.45) is 17.8 Å². The van der Waals surface area contributed by atoms with E-state index in [1.165, 1.54) is 32.1 Å². The lowest BCUT2D eigenvalue weighted by Crippen LogP contribution is -2.44. The van der Waals surface area contributed by atoms with Crippen molar-refractivity contribution in [3.8, 4) is 5.75 Å². The molecule has 0 spiro atoms. The van der Waals surface area contributed by atoms with E-state index in [1.807, 2.05) is 31.2 Å². The minimum Gasteiger partial charge on any atom is -0.493 e. The molecule has 1 saturated carbocycles. The molecule has 26 heavy (non-hydrogen) atoms. The molecular formula is C21H29NO4. The lowest BCUT2D eigenvalue weighted by atomic mass is 9.87. The van der Waals surface area contributed by atoms with Crippen LogP contribution in [0.15, 0.2) is 24.3 Å². The summed E-state index contributed by atoms with van der Waals surface area (Å²) in [5.74, 6) is 0.300. The number of likely N-dealkylation sites (tertiary alicyclic amines) is 1. The molecule has 5 heteroatoms. The van der Waals surface area contributed by atoms with Crippen molar-refractivity contribution in [2.45, 2.75) is 45.4 Å². The van der Waals surface area contributed by atoms with E-state index >= 15 is 0 Å². The van der Waals surface area contributed by atoms with Gasteiger partial charge in [0.05, 0.1) is 12.5 Å². The summed E-state index contributed by atoms with van der Waals surface area (Å²) in [4.78, 5) is 25.6. The monoisotopic (exact) mass is 359 g/mol. The van der Waals surface area contributed by atoms with Gasteiger partial charge in [-0.3, -0.25) is 9.59 Å². The molecule has 1 aromatic rings. The molecule has 0 aromatic heterocycles. The number of amides is 1. The molecule has 2 atom stereocenters. The number of carbonyl (C=O) groups is 2. The standard InChI is InChI=1S/C21H29NO4/c1-15-13-22(12-11-19(15)21(24)25)20(23)17-7-9-18(10-8-17)26-14-16-5-3-2-4-6-16/h7-10,15-16,19H,2-6,11-14H2,1H3,(H,24,25). The van der Waals surface area contributed by atoms with Crippen LogP contribution < -0.4 is 4.74 Å². The van der Waals surface area contributed by atoms with E-state index in [4.69, 9.17) is 4.74 Å². The van der Waals surface area contributed by atoms with Crippen LogP contribution >= 0.6 is 0 Å². The SMILES string of the molecule is CC1CN(C(=O)c2ccc(OCC3CCCCC3)cc2)CCC1C(=O)O. The van der Waals surface area contributed by atoms with Crippen molar-refractivity contribution in [1.82, 2.24) is 4.90 Å². The topological polar surface area (TPSA) is 66.8 Å². The summed E-state index contributed by atoms with van der Waals surface area (Å²) in [7, 11) is 0. The Morgan fingerprint density at radius 2 is 1.81 bits per heavy atom. The molecule has 1 amide bonds. The van der Waals surface area contributed by atoms with Crippen molar-refractivity contribution in [3.05, 3.63) is 29.8 Å². The fraction of sp³-hybridized carbons (Fsp3) is 0.619. The Morgan fingerprint density at radius 3 is 2.42 bits per heavy atom. The van der Waals surface area contributed by atoms with E-state index in [0.29, 0.717) is 31.0 Å². The van der Waals surface area contributed by atoms with Gasteiger partial charge in [-0.15, -0.1) is 0 Å². The van der Waals surface area contributed by atoms with E-state index in [0.717, 1.165) is 12.4 Å². The molecule has 2 fully saturated rings. The number of carboxylic acids is 1. The van der Waals surface area contributed by atoms with Gasteiger partial charge in [-0.1, -0.05) is 26.2 Å². The number of rotatable bonds is 5. The Labute approximate surface area is 155 Å². The Balaban J connectivity index is 1.53. The molecule has 1 N–H and O–H groups in total. The molecule has 2 aliphatic rings. The van der Waals surface area contributed by atoms with Gasteiger partial charge in [0.1, 0.15) is 5.75 Å². The first-order chi connectivity index (χ1) is 12.5. The third kappa shape index (κ3) is 4.57. The van der Waals surface area contributed by atoms with E-state index in [2.05, 4.69) is 0 Å². The predicted octanol–water partition coefficient (Wildman–Crippen LogP) is 3.83. The molecule has 1 aromatic carbocycles. The second-order valence-electron chi connectivity index (χ2n) is 7.80. The van der Waals surface area contributed by atoms with Gasteiger partial charge >= 0.3 is 5.97 Å². The maximum absolute atomic E-state index is 12.7. The number of carbonyl (C=O) groups excluding carboxylic acids is 1. The molecule has 1 aliphatic carbocycles. The molecule has 0 bridgehead atoms. The summed E-state index contributed by atoms with van der Waals surface area (Å²) >= 11 is 0. The van der Waals surface area contributed by atoms with E-state index in [-0.39, 0.29) is 17.7 Å². The predicted molar refractivity (Wildman–Crippen MR) is 99.3 cm³/mol. The summed E-state index contributed by atoms with van der Waals surface area (Å²) in [6, 6.07) is 7.35. The molecule has 1 aliphatic heterocycles. The zero-order valence-electron chi connectivity index (χ0n) is 15.5. The first kappa shape index (κ1) is 18.7. The number of carboxylic acid groups (broad SMARTS) is 1. The number of hydrogen-bond acceptors (Lipinski definition) is 3. The first-order valence-electron chi connectivity index (χ1n) is 9.79. The van der Waals surface area contributed by atoms with Crippen LogP contribution in [-0.2, 0) is 4.79 Å². The summed E-state index contributed by atoms with van der Waals surface area (Å²) in [6.45, 7) is 3.66. The second kappa shape index (κ2) is 8.56. The Morgan fingerprint density at radius 1 is 1.12 bits per heavy atom. The van der Waals surface area contributed by atoms with Crippen LogP contribution in [0.5, 0.6) is 5.75 Å². The van der Waals surface area contributed by atoms with Crippen LogP contribution in [0.2, 0.25) is 0 Å². The molecule has 0 radical (unpaired) electrons. The van der Waals surface area contributed by atoms with E-state index in [1.54, 1.807) is 4.90 Å². The highest BCUT2D eigenvalue weighted by molar-refractivity contribution is 5.94. The van der Waals surface area contributed by atoms with Gasteiger partial charge in [0.25, 0.3) is 5.91 Å². The van der Waals surface area contributed by atoms with Gasteiger partial charge in [0, 0.05) is 18.7 Å². The van der Waals surface area contributed by atoms with Crippen LogP contribution in [0.25, 0.3) is 0 Å². The number of aliphatic carboxylic acids is 1. The van der Waals surface area contributed by atoms with Gasteiger partial charge in [0.15, 0.2) is 0 Å². The number of ether oxygens (including phenoxy) is 1. The molecule has 2 unspecified atom stereocenters. The van der Waals surface area contributed by atoms with Crippen molar-refractivity contribution >= 4 is 11.9 Å². The lowest BCUT2D eigenvalue weighted by molar-refractivity contribution is -0.145. The number of benzene rings is 1. The maximum atomic E-state index is 12.7. The minimum absolute atomic E-state index is 0.0247. The fourth-order valence-corrected chi connectivity index (χ4v) is 4.14. The summed E-state index contributed by atoms with van der Waals surface area (Å²) in [5.41, 5.74) is 0.635. The van der Waals surface area contributed by atoms with Gasteiger partial charge in [-0.05, 0) is 55.4 Å². The third-order valence-electron chi connectivity index (χ3n) is 5.82. The largest absolute Gasteiger partial charge is 0.493 e. The number of hydrogen-bond donors (Lipinski definition) is 1. The lowest BCUT2D eigenvalue weighted by Gasteiger charge is -2.35. The first-order valence-corrected chi connectivity index (χ1v) is 9.79. The molecular weight excluding hydrogens is 330 g/mol. The van der Waals surface area contributed by atoms with Crippen molar-refractivity contribution in [1.29, 1.82) is 0 Å². The Hall–Kier alpha value is -2.04. The van der Waals surface area contributed by atoms with Crippen LogP contribution in [0.1, 0.15) is 55.8 Å². The van der Waals surface area contributed by atoms with Gasteiger partial charge in [-0.2, -0.15) is 0 Å². The summed E-state index contributed by atoms with van der Waals surface area (Å²) in [6.07, 6.45) is 6.97. The van der Waals surface area contributed by atoms with Crippen molar-refractivity contribution < 1.29 is 19.4 Å². The van der Waals surface area contributed by atoms with E-state index in [9.17, 15) is 14.7 Å². The third-order valence-corrected chi connectivity index (χ3v) is 5.82. The second-order valence-corrected chi connectivity index (χ2v) is 7.80.